The maximum atomic E-state index is 12.8. The molecule has 0 saturated carbocycles. The van der Waals surface area contributed by atoms with Crippen molar-refractivity contribution in [1.29, 1.82) is 0 Å². The number of benzene rings is 2. The van der Waals surface area contributed by atoms with Crippen molar-refractivity contribution in [3.8, 4) is 5.75 Å². The van der Waals surface area contributed by atoms with Crippen molar-refractivity contribution in [1.82, 2.24) is 26.4 Å². The van der Waals surface area contributed by atoms with E-state index < -0.39 is 0 Å². The topological polar surface area (TPSA) is 98.9 Å². The minimum Gasteiger partial charge on any atom is -0.494 e. The van der Waals surface area contributed by atoms with Gasteiger partial charge in [0, 0.05) is 48.9 Å². The van der Waals surface area contributed by atoms with E-state index >= 15 is 0 Å². The zero-order valence-electron chi connectivity index (χ0n) is 20.3. The molecule has 4 unspecified atom stereocenters. The van der Waals surface area contributed by atoms with E-state index in [1.54, 1.807) is 0 Å². The molecule has 2 aromatic carbocycles. The van der Waals surface area contributed by atoms with Crippen LogP contribution in [0.5, 0.6) is 5.75 Å². The monoisotopic (exact) mass is 480 g/mol. The number of carbonyl (C=O) groups excluding carboxylic acids is 1. The summed E-state index contributed by atoms with van der Waals surface area (Å²) in [6.45, 7) is 7.25. The lowest BCUT2D eigenvalue weighted by molar-refractivity contribution is 0.00522. The summed E-state index contributed by atoms with van der Waals surface area (Å²) in [4.78, 5) is 15.3. The fourth-order valence-corrected chi connectivity index (χ4v) is 5.27. The van der Waals surface area contributed by atoms with Gasteiger partial charge < -0.3 is 25.4 Å². The summed E-state index contributed by atoms with van der Waals surface area (Å²) in [5.74, 6) is 1.16. The maximum Gasteiger partial charge on any atom is 0.251 e. The Morgan fingerprint density at radius 3 is 3.03 bits per heavy atom. The average Bonchev–Trinajstić information content (AvgIpc) is 3.20. The molecule has 3 aliphatic rings. The van der Waals surface area contributed by atoms with Gasteiger partial charge in [0.1, 0.15) is 5.75 Å². The van der Waals surface area contributed by atoms with Crippen LogP contribution in [-0.4, -0.2) is 68.6 Å². The Bertz CT molecular complexity index is 1000. The second kappa shape index (κ2) is 11.4. The molecule has 3 aliphatic heterocycles. The van der Waals surface area contributed by atoms with Gasteiger partial charge in [-0.2, -0.15) is 0 Å². The van der Waals surface area contributed by atoms with E-state index in [0.29, 0.717) is 31.2 Å². The van der Waals surface area contributed by atoms with Gasteiger partial charge in [0.2, 0.25) is 0 Å². The highest BCUT2D eigenvalue weighted by atomic mass is 16.5. The molecule has 188 valence electrons. The van der Waals surface area contributed by atoms with Crippen LogP contribution in [0.1, 0.15) is 29.3 Å². The zero-order chi connectivity index (χ0) is 24.0. The van der Waals surface area contributed by atoms with Gasteiger partial charge in [-0.1, -0.05) is 24.3 Å². The minimum atomic E-state index is -0.109. The SMILES string of the molecule is CCOc1ccccc1CNC(=O)c1cccc(NCC2NNC3C4CCNCC4OCCN23)c1. The fourth-order valence-electron chi connectivity index (χ4n) is 5.27. The van der Waals surface area contributed by atoms with Crippen molar-refractivity contribution < 1.29 is 14.3 Å². The van der Waals surface area contributed by atoms with E-state index in [-0.39, 0.29) is 24.3 Å². The number of fused-ring (bicyclic) bond motifs is 3. The van der Waals surface area contributed by atoms with Crippen molar-refractivity contribution in [2.45, 2.75) is 38.3 Å². The Morgan fingerprint density at radius 1 is 1.20 bits per heavy atom. The van der Waals surface area contributed by atoms with Crippen LogP contribution >= 0.6 is 0 Å². The van der Waals surface area contributed by atoms with Gasteiger partial charge in [0.15, 0.2) is 0 Å². The Hall–Kier alpha value is -2.69. The molecule has 3 heterocycles. The summed E-state index contributed by atoms with van der Waals surface area (Å²) < 4.78 is 11.8. The number of para-hydroxylation sites is 1. The Kier molecular flexibility index (Phi) is 7.80. The molecule has 1 amide bonds. The first-order valence-corrected chi connectivity index (χ1v) is 12.6. The number of anilines is 1. The first-order chi connectivity index (χ1) is 17.2. The molecule has 3 fully saturated rings. The number of hydrogen-bond acceptors (Lipinski definition) is 8. The lowest BCUT2D eigenvalue weighted by Crippen LogP contribution is -2.52. The average molecular weight is 481 g/mol. The van der Waals surface area contributed by atoms with E-state index in [2.05, 4.69) is 31.7 Å². The zero-order valence-corrected chi connectivity index (χ0v) is 20.3. The lowest BCUT2D eigenvalue weighted by atomic mass is 9.91. The lowest BCUT2D eigenvalue weighted by Gasteiger charge is -2.36. The van der Waals surface area contributed by atoms with Crippen LogP contribution in [0.2, 0.25) is 0 Å². The van der Waals surface area contributed by atoms with Gasteiger partial charge in [0.05, 0.1) is 31.6 Å². The quantitative estimate of drug-likeness (QED) is 0.388. The predicted octanol–water partition coefficient (Wildman–Crippen LogP) is 1.50. The number of piperidine rings is 1. The number of nitrogens with zero attached hydrogens (tertiary/aromatic N) is 1. The third-order valence-electron chi connectivity index (χ3n) is 7.06. The van der Waals surface area contributed by atoms with Crippen molar-refractivity contribution in [2.75, 3.05) is 44.7 Å². The van der Waals surface area contributed by atoms with Crippen LogP contribution in [0.3, 0.4) is 0 Å². The minimum absolute atomic E-state index is 0.109. The molecule has 35 heavy (non-hydrogen) atoms. The predicted molar refractivity (Wildman–Crippen MR) is 135 cm³/mol. The highest BCUT2D eigenvalue weighted by Crippen LogP contribution is 2.28. The van der Waals surface area contributed by atoms with Crippen LogP contribution in [0.15, 0.2) is 48.5 Å². The number of hydrogen-bond donors (Lipinski definition) is 5. The highest BCUT2D eigenvalue weighted by Gasteiger charge is 2.43. The number of rotatable bonds is 8. The summed E-state index contributed by atoms with van der Waals surface area (Å²) in [7, 11) is 0. The molecule has 0 spiro atoms. The first-order valence-electron chi connectivity index (χ1n) is 12.6. The van der Waals surface area contributed by atoms with Crippen LogP contribution in [-0.2, 0) is 11.3 Å². The first kappa shape index (κ1) is 24.0. The number of amides is 1. The third-order valence-corrected chi connectivity index (χ3v) is 7.06. The highest BCUT2D eigenvalue weighted by molar-refractivity contribution is 5.95. The molecule has 0 radical (unpaired) electrons. The number of nitrogens with one attached hydrogen (secondary N) is 5. The maximum absolute atomic E-state index is 12.8. The Labute approximate surface area is 206 Å². The Morgan fingerprint density at radius 2 is 2.11 bits per heavy atom. The number of hydrazine groups is 1. The molecule has 0 aliphatic carbocycles. The van der Waals surface area contributed by atoms with E-state index in [4.69, 9.17) is 9.47 Å². The molecule has 2 aromatic rings. The summed E-state index contributed by atoms with van der Waals surface area (Å²) in [5, 5.41) is 9.97. The van der Waals surface area contributed by atoms with Gasteiger partial charge in [0.25, 0.3) is 5.91 Å². The molecule has 0 bridgehead atoms. The van der Waals surface area contributed by atoms with Crippen molar-refractivity contribution >= 4 is 11.6 Å². The summed E-state index contributed by atoms with van der Waals surface area (Å²) in [6.07, 6.45) is 1.78. The largest absolute Gasteiger partial charge is 0.494 e. The Balaban J connectivity index is 1.17. The summed E-state index contributed by atoms with van der Waals surface area (Å²) in [5.41, 5.74) is 9.49. The van der Waals surface area contributed by atoms with E-state index in [1.807, 2.05) is 55.5 Å². The molecule has 0 aromatic heterocycles. The smallest absolute Gasteiger partial charge is 0.251 e. The molecule has 9 heteroatoms. The second-order valence-electron chi connectivity index (χ2n) is 9.24. The number of ether oxygens (including phenoxy) is 2. The van der Waals surface area contributed by atoms with Crippen molar-refractivity contribution in [3.63, 3.8) is 0 Å². The van der Waals surface area contributed by atoms with Crippen LogP contribution in [0, 0.1) is 5.92 Å². The molecule has 5 rings (SSSR count). The molecular weight excluding hydrogens is 444 g/mol. The molecule has 5 N–H and O–H groups in total. The van der Waals surface area contributed by atoms with E-state index in [1.165, 1.54) is 0 Å². The normalized spacial score (nSPS) is 26.3. The van der Waals surface area contributed by atoms with Gasteiger partial charge in [-0.3, -0.25) is 9.69 Å². The van der Waals surface area contributed by atoms with Gasteiger partial charge in [-0.25, -0.2) is 10.9 Å². The molecule has 3 saturated heterocycles. The fraction of sp³-hybridized carbons (Fsp3) is 0.500. The van der Waals surface area contributed by atoms with Gasteiger partial charge >= 0.3 is 0 Å². The third kappa shape index (κ3) is 5.60. The summed E-state index contributed by atoms with van der Waals surface area (Å²) in [6, 6.07) is 15.4. The van der Waals surface area contributed by atoms with E-state index in [9.17, 15) is 4.79 Å². The summed E-state index contributed by atoms with van der Waals surface area (Å²) >= 11 is 0. The van der Waals surface area contributed by atoms with Crippen molar-refractivity contribution in [3.05, 3.63) is 59.7 Å². The van der Waals surface area contributed by atoms with Gasteiger partial charge in [-0.05, 0) is 44.2 Å². The number of carbonyl (C=O) groups is 1. The van der Waals surface area contributed by atoms with Crippen molar-refractivity contribution in [2.24, 2.45) is 5.92 Å². The van der Waals surface area contributed by atoms with Gasteiger partial charge in [-0.15, -0.1) is 0 Å². The standard InChI is InChI=1S/C26H36N6O3/c1-2-34-22-9-4-3-6-19(22)15-29-26(33)18-7-5-8-20(14-18)28-17-24-30-31-25-21-10-11-27-16-23(21)35-13-12-32(24)25/h3-9,14,21,23-25,27-28,30-31H,2,10-13,15-17H2,1H3,(H,29,33). The molecule has 9 nitrogen and oxygen atoms in total. The van der Waals surface area contributed by atoms with Crippen LogP contribution in [0.4, 0.5) is 5.69 Å². The van der Waals surface area contributed by atoms with Crippen LogP contribution in [0.25, 0.3) is 0 Å². The van der Waals surface area contributed by atoms with E-state index in [0.717, 1.165) is 49.7 Å². The van der Waals surface area contributed by atoms with Crippen LogP contribution < -0.4 is 31.5 Å². The molecular formula is C26H36N6O3. The molecule has 4 atom stereocenters. The second-order valence-corrected chi connectivity index (χ2v) is 9.24.